The Morgan fingerprint density at radius 1 is 1.00 bits per heavy atom. The van der Waals surface area contributed by atoms with Gasteiger partial charge in [-0.1, -0.05) is 46.8 Å². The van der Waals surface area contributed by atoms with Crippen LogP contribution >= 0.6 is 24.8 Å². The van der Waals surface area contributed by atoms with Crippen molar-refractivity contribution in [3.63, 3.8) is 0 Å². The van der Waals surface area contributed by atoms with Crippen LogP contribution in [0.5, 0.6) is 0 Å². The van der Waals surface area contributed by atoms with Crippen molar-refractivity contribution < 1.29 is 0 Å². The lowest BCUT2D eigenvalue weighted by molar-refractivity contribution is 0.293. The summed E-state index contributed by atoms with van der Waals surface area (Å²) in [5, 5.41) is 0. The van der Waals surface area contributed by atoms with Crippen molar-refractivity contribution in [1.29, 1.82) is 0 Å². The molecule has 1 aromatic carbocycles. The summed E-state index contributed by atoms with van der Waals surface area (Å²) in [7, 11) is 0. The molecule has 0 unspecified atom stereocenters. The molecule has 4 nitrogen and oxygen atoms in total. The normalized spacial score (nSPS) is 11.8. The van der Waals surface area contributed by atoms with Gasteiger partial charge in [-0.3, -0.25) is 4.40 Å². The number of nitrogens with zero attached hydrogens (tertiary/aromatic N) is 4. The van der Waals surface area contributed by atoms with E-state index in [4.69, 9.17) is 4.98 Å². The lowest BCUT2D eigenvalue weighted by atomic mass is 9.93. The molecule has 0 aliphatic rings. The lowest BCUT2D eigenvalue weighted by Crippen LogP contribution is -2.27. The molecule has 0 N–H and O–H groups in total. The fourth-order valence-electron chi connectivity index (χ4n) is 3.11. The van der Waals surface area contributed by atoms with Crippen molar-refractivity contribution in [3.05, 3.63) is 36.2 Å². The van der Waals surface area contributed by atoms with E-state index in [-0.39, 0.29) is 30.2 Å². The second-order valence-electron chi connectivity index (χ2n) is 7.21. The maximum absolute atomic E-state index is 4.96. The molecule has 3 rings (SSSR count). The van der Waals surface area contributed by atoms with E-state index in [2.05, 4.69) is 78.9 Å². The third-order valence-electron chi connectivity index (χ3n) is 4.66. The van der Waals surface area contributed by atoms with Gasteiger partial charge in [0.2, 0.25) is 5.78 Å². The summed E-state index contributed by atoms with van der Waals surface area (Å²) in [4.78, 5) is 7.42. The van der Waals surface area contributed by atoms with Gasteiger partial charge in [-0.25, -0.2) is 4.98 Å². The number of likely N-dealkylation sites (N-methyl/N-ethyl adjacent to an activating group) is 1. The number of halogens is 2. The Bertz CT molecular complexity index is 810. The van der Waals surface area contributed by atoms with Crippen LogP contribution in [0.15, 0.2) is 30.5 Å². The number of benzene rings is 1. The molecule has 2 heterocycles. The second-order valence-corrected chi connectivity index (χ2v) is 7.21. The molecule has 0 aliphatic heterocycles. The summed E-state index contributed by atoms with van der Waals surface area (Å²) < 4.78 is 4.61. The molecular formula is C19H30Cl2N4. The fraction of sp³-hybridized carbons (Fsp3) is 0.526. The predicted molar refractivity (Wildman–Crippen MR) is 112 cm³/mol. The first-order valence-corrected chi connectivity index (χ1v) is 8.64. The van der Waals surface area contributed by atoms with Crippen LogP contribution in [0.25, 0.3) is 16.8 Å². The van der Waals surface area contributed by atoms with Crippen LogP contribution in [0.2, 0.25) is 0 Å². The highest BCUT2D eigenvalue weighted by Crippen LogP contribution is 2.26. The molecule has 0 saturated heterocycles. The van der Waals surface area contributed by atoms with E-state index in [9.17, 15) is 0 Å². The quantitative estimate of drug-likeness (QED) is 0.632. The average Bonchev–Trinajstić information content (AvgIpc) is 3.07. The Kier molecular flexibility index (Phi) is 7.36. The van der Waals surface area contributed by atoms with E-state index in [0.717, 1.165) is 37.7 Å². The zero-order chi connectivity index (χ0) is 16.6. The maximum Gasteiger partial charge on any atom is 0.215 e. The van der Waals surface area contributed by atoms with Crippen LogP contribution in [-0.2, 0) is 12.0 Å². The summed E-state index contributed by atoms with van der Waals surface area (Å²) in [6.07, 6.45) is 2.20. The molecular weight excluding hydrogens is 355 g/mol. The number of aromatic nitrogens is 3. The Morgan fingerprint density at radius 3 is 2.16 bits per heavy atom. The van der Waals surface area contributed by atoms with E-state index < -0.39 is 0 Å². The first-order chi connectivity index (χ1) is 11.0. The first-order valence-electron chi connectivity index (χ1n) is 8.64. The summed E-state index contributed by atoms with van der Waals surface area (Å²) in [5.74, 6) is 1.06. The third-order valence-corrected chi connectivity index (χ3v) is 4.66. The van der Waals surface area contributed by atoms with Crippen LogP contribution in [0.3, 0.4) is 0 Å². The van der Waals surface area contributed by atoms with E-state index >= 15 is 0 Å². The number of imidazole rings is 2. The van der Waals surface area contributed by atoms with Gasteiger partial charge >= 0.3 is 0 Å². The minimum Gasteiger partial charge on any atom is -0.308 e. The molecule has 3 aromatic rings. The van der Waals surface area contributed by atoms with E-state index in [1.165, 1.54) is 11.0 Å². The number of hydrogen-bond acceptors (Lipinski definition) is 2. The average molecular weight is 385 g/mol. The summed E-state index contributed by atoms with van der Waals surface area (Å²) in [5.41, 5.74) is 3.72. The highest BCUT2D eigenvalue weighted by Gasteiger charge is 2.21. The van der Waals surface area contributed by atoms with Gasteiger partial charge in [0.25, 0.3) is 0 Å². The van der Waals surface area contributed by atoms with E-state index in [0.29, 0.717) is 0 Å². The summed E-state index contributed by atoms with van der Waals surface area (Å²) >= 11 is 0. The van der Waals surface area contributed by atoms with Crippen molar-refractivity contribution in [2.24, 2.45) is 0 Å². The molecule has 0 bridgehead atoms. The summed E-state index contributed by atoms with van der Waals surface area (Å²) in [6.45, 7) is 15.3. The van der Waals surface area contributed by atoms with Crippen molar-refractivity contribution in [2.75, 3.05) is 19.6 Å². The molecule has 2 aromatic heterocycles. The topological polar surface area (TPSA) is 25.5 Å². The van der Waals surface area contributed by atoms with Crippen molar-refractivity contribution in [2.45, 2.75) is 46.6 Å². The fourth-order valence-corrected chi connectivity index (χ4v) is 3.11. The van der Waals surface area contributed by atoms with Gasteiger partial charge in [0.1, 0.15) is 0 Å². The van der Waals surface area contributed by atoms with Crippen molar-refractivity contribution in [1.82, 2.24) is 18.9 Å². The maximum atomic E-state index is 4.96. The van der Waals surface area contributed by atoms with E-state index in [1.54, 1.807) is 0 Å². The molecule has 25 heavy (non-hydrogen) atoms. The zero-order valence-electron chi connectivity index (χ0n) is 15.8. The first kappa shape index (κ1) is 21.8. The molecule has 0 amide bonds. The number of rotatable bonds is 5. The van der Waals surface area contributed by atoms with E-state index in [1.807, 2.05) is 0 Å². The predicted octanol–water partition coefficient (Wildman–Crippen LogP) is 4.77. The Labute approximate surface area is 163 Å². The van der Waals surface area contributed by atoms with Gasteiger partial charge in [0, 0.05) is 24.7 Å². The Morgan fingerprint density at radius 2 is 1.60 bits per heavy atom. The van der Waals surface area contributed by atoms with Crippen LogP contribution in [0.4, 0.5) is 0 Å². The lowest BCUT2D eigenvalue weighted by Gasteiger charge is -2.18. The standard InChI is InChI=1S/C19H28N4.2ClH/c1-6-21(7-2)12-13-22-15-10-8-9-11-16(15)23-14-17(19(3,4)5)20-18(22)23;;/h8-11,14H,6-7,12-13H2,1-5H3;2*1H. The molecule has 0 radical (unpaired) electrons. The number of para-hydroxylation sites is 2. The molecule has 0 aliphatic carbocycles. The zero-order valence-corrected chi connectivity index (χ0v) is 17.5. The molecule has 0 fully saturated rings. The Balaban J connectivity index is 0.00000156. The molecule has 0 atom stereocenters. The van der Waals surface area contributed by atoms with Crippen LogP contribution in [0.1, 0.15) is 40.3 Å². The molecule has 0 spiro atoms. The minimum absolute atomic E-state index is 0. The highest BCUT2D eigenvalue weighted by atomic mass is 35.5. The second kappa shape index (κ2) is 8.43. The smallest absolute Gasteiger partial charge is 0.215 e. The molecule has 140 valence electrons. The van der Waals surface area contributed by atoms with Crippen molar-refractivity contribution in [3.8, 4) is 0 Å². The monoisotopic (exact) mass is 384 g/mol. The van der Waals surface area contributed by atoms with Gasteiger partial charge < -0.3 is 9.47 Å². The SMILES string of the molecule is CCN(CC)CCn1c2ccccc2n2cc(C(C)(C)C)nc12.Cl.Cl. The van der Waals surface area contributed by atoms with Crippen LogP contribution in [-0.4, -0.2) is 38.5 Å². The van der Waals surface area contributed by atoms with Gasteiger partial charge in [0.05, 0.1) is 16.7 Å². The summed E-state index contributed by atoms with van der Waals surface area (Å²) in [6, 6.07) is 8.60. The minimum atomic E-state index is 0. The highest BCUT2D eigenvalue weighted by molar-refractivity contribution is 5.85. The third kappa shape index (κ3) is 4.13. The molecule has 0 saturated carbocycles. The van der Waals surface area contributed by atoms with Crippen LogP contribution in [0, 0.1) is 0 Å². The van der Waals surface area contributed by atoms with Gasteiger partial charge in [-0.2, -0.15) is 0 Å². The van der Waals surface area contributed by atoms with Crippen molar-refractivity contribution >= 4 is 41.6 Å². The van der Waals surface area contributed by atoms with Gasteiger partial charge in [-0.05, 0) is 25.2 Å². The van der Waals surface area contributed by atoms with Crippen LogP contribution < -0.4 is 0 Å². The molecule has 6 heteroatoms. The number of fused-ring (bicyclic) bond motifs is 3. The Hall–Kier alpha value is -1.23. The largest absolute Gasteiger partial charge is 0.308 e. The van der Waals surface area contributed by atoms with Gasteiger partial charge in [0.15, 0.2) is 0 Å². The number of hydrogen-bond donors (Lipinski definition) is 0. The van der Waals surface area contributed by atoms with Gasteiger partial charge in [-0.15, -0.1) is 24.8 Å².